The van der Waals surface area contributed by atoms with Crippen molar-refractivity contribution in [3.8, 4) is 0 Å². The molecule has 68 heavy (non-hydrogen) atoms. The van der Waals surface area contributed by atoms with E-state index in [9.17, 15) is 24.0 Å². The van der Waals surface area contributed by atoms with E-state index in [1.807, 2.05) is 190 Å². The van der Waals surface area contributed by atoms with E-state index in [-0.39, 0.29) is 50.0 Å². The molecule has 6 aromatic carbocycles. The fourth-order valence-corrected chi connectivity index (χ4v) is 8.64. The van der Waals surface area contributed by atoms with Gasteiger partial charge >= 0.3 is 6.09 Å². The van der Waals surface area contributed by atoms with Gasteiger partial charge < -0.3 is 30.9 Å². The molecule has 1 aliphatic rings. The van der Waals surface area contributed by atoms with E-state index in [1.165, 1.54) is 6.08 Å². The number of nitrogens with zero attached hydrogens (tertiary/aromatic N) is 1. The van der Waals surface area contributed by atoms with E-state index in [0.717, 1.165) is 45.5 Å². The van der Waals surface area contributed by atoms with Crippen LogP contribution >= 0.6 is 0 Å². The highest BCUT2D eigenvalue weighted by atomic mass is 16.5. The van der Waals surface area contributed by atoms with Crippen LogP contribution in [0.3, 0.4) is 0 Å². The molecule has 0 unspecified atom stereocenters. The Bertz CT molecular complexity index is 2530. The largest absolute Gasteiger partial charge is 0.445 e. The molecule has 7 rings (SSSR count). The molecule has 1 aliphatic heterocycles. The Labute approximate surface area is 399 Å². The van der Waals surface area contributed by atoms with Gasteiger partial charge in [-0.15, -0.1) is 0 Å². The number of nitrogens with one attached hydrogen (secondary N) is 4. The molecule has 11 nitrogen and oxygen atoms in total. The molecule has 6 aromatic rings. The standard InChI is InChI=1S/C57H59N5O6/c1-41(2)38-49(60-56(67)68-40-43-22-10-4-11-23-43)55(66)59-50(39-42-20-8-3-9-21-42)54(65)58-48(33-35-53(64)62-37-36-44-24-18-19-31-51(44)62)32-34-52(63)61-57(45-25-12-5-13-26-45,46-27-14-6-15-28-46)47-29-16-7-17-30-47/h3-31,33,35,41,48-50H,32,34,36-40H2,1-2H3,(H,58,65)(H,59,66)(H,60,67)(H,61,63)/b35-33+/t48-,49-,50-/m0/s1. The summed E-state index contributed by atoms with van der Waals surface area (Å²) in [7, 11) is 0. The van der Waals surface area contributed by atoms with Crippen LogP contribution in [0.4, 0.5) is 10.5 Å². The second-order valence-electron chi connectivity index (χ2n) is 17.4. The molecule has 3 atom stereocenters. The molecule has 0 saturated carbocycles. The average molecular weight is 910 g/mol. The molecular formula is C57H59N5O6. The molecule has 0 aliphatic carbocycles. The van der Waals surface area contributed by atoms with Crippen LogP contribution in [-0.2, 0) is 48.9 Å². The van der Waals surface area contributed by atoms with E-state index in [2.05, 4.69) is 21.3 Å². The first-order chi connectivity index (χ1) is 33.1. The molecule has 0 spiro atoms. The smallest absolute Gasteiger partial charge is 0.408 e. The van der Waals surface area contributed by atoms with E-state index >= 15 is 0 Å². The Hall–Kier alpha value is -7.79. The molecule has 0 saturated heterocycles. The normalized spacial score (nSPS) is 13.5. The van der Waals surface area contributed by atoms with Crippen LogP contribution < -0.4 is 26.2 Å². The van der Waals surface area contributed by atoms with Crippen molar-refractivity contribution in [1.82, 2.24) is 21.3 Å². The zero-order chi connectivity index (χ0) is 47.7. The first-order valence-electron chi connectivity index (χ1n) is 23.3. The van der Waals surface area contributed by atoms with Crippen LogP contribution in [0, 0.1) is 5.92 Å². The molecule has 0 radical (unpaired) electrons. The molecule has 0 fully saturated rings. The molecule has 0 aromatic heterocycles. The third-order valence-electron chi connectivity index (χ3n) is 12.0. The van der Waals surface area contributed by atoms with Crippen molar-refractivity contribution in [3.63, 3.8) is 0 Å². The number of amides is 5. The van der Waals surface area contributed by atoms with Crippen molar-refractivity contribution < 1.29 is 28.7 Å². The highest BCUT2D eigenvalue weighted by molar-refractivity contribution is 6.03. The van der Waals surface area contributed by atoms with Crippen molar-refractivity contribution in [3.05, 3.63) is 221 Å². The topological polar surface area (TPSA) is 146 Å². The number of carbonyl (C=O) groups excluding carboxylic acids is 5. The van der Waals surface area contributed by atoms with E-state index in [4.69, 9.17) is 4.74 Å². The maximum absolute atomic E-state index is 14.6. The predicted molar refractivity (Wildman–Crippen MR) is 265 cm³/mol. The lowest BCUT2D eigenvalue weighted by Crippen LogP contribution is -2.56. The van der Waals surface area contributed by atoms with E-state index in [1.54, 1.807) is 11.0 Å². The Morgan fingerprint density at radius 1 is 0.618 bits per heavy atom. The Morgan fingerprint density at radius 2 is 1.13 bits per heavy atom. The third kappa shape index (κ3) is 12.8. The number of para-hydroxylation sites is 1. The lowest BCUT2D eigenvalue weighted by Gasteiger charge is -2.37. The van der Waals surface area contributed by atoms with Crippen molar-refractivity contribution >= 4 is 35.4 Å². The van der Waals surface area contributed by atoms with Gasteiger partial charge in [0.2, 0.25) is 17.7 Å². The van der Waals surface area contributed by atoms with Crippen molar-refractivity contribution in [2.45, 2.75) is 76.2 Å². The monoisotopic (exact) mass is 909 g/mol. The van der Waals surface area contributed by atoms with Crippen LogP contribution in [0.25, 0.3) is 0 Å². The highest BCUT2D eigenvalue weighted by Crippen LogP contribution is 2.37. The number of rotatable bonds is 20. The summed E-state index contributed by atoms with van der Waals surface area (Å²) >= 11 is 0. The summed E-state index contributed by atoms with van der Waals surface area (Å²) in [6, 6.07) is 52.8. The highest BCUT2D eigenvalue weighted by Gasteiger charge is 2.38. The van der Waals surface area contributed by atoms with Crippen LogP contribution in [0.2, 0.25) is 0 Å². The summed E-state index contributed by atoms with van der Waals surface area (Å²) in [6.07, 6.45) is 3.52. The maximum atomic E-state index is 14.6. The Morgan fingerprint density at radius 3 is 1.71 bits per heavy atom. The van der Waals surface area contributed by atoms with Crippen molar-refractivity contribution in [2.75, 3.05) is 11.4 Å². The van der Waals surface area contributed by atoms with Crippen LogP contribution in [-0.4, -0.2) is 54.4 Å². The molecule has 4 N–H and O–H groups in total. The van der Waals surface area contributed by atoms with Gasteiger partial charge in [0.25, 0.3) is 5.91 Å². The Balaban J connectivity index is 1.14. The minimum Gasteiger partial charge on any atom is -0.445 e. The number of ether oxygens (including phenoxy) is 1. The van der Waals surface area contributed by atoms with Gasteiger partial charge in [-0.25, -0.2) is 4.79 Å². The number of carbonyl (C=O) groups is 5. The number of alkyl carbamates (subject to hydrolysis) is 1. The zero-order valence-corrected chi connectivity index (χ0v) is 38.6. The van der Waals surface area contributed by atoms with Gasteiger partial charge in [0.15, 0.2) is 0 Å². The van der Waals surface area contributed by atoms with Gasteiger partial charge in [0.1, 0.15) is 24.2 Å². The molecule has 1 heterocycles. The number of fused-ring (bicyclic) bond motifs is 1. The molecule has 348 valence electrons. The van der Waals surface area contributed by atoms with Crippen LogP contribution in [0.15, 0.2) is 188 Å². The van der Waals surface area contributed by atoms with Gasteiger partial charge in [0, 0.05) is 37.2 Å². The van der Waals surface area contributed by atoms with Crippen LogP contribution in [0.5, 0.6) is 0 Å². The van der Waals surface area contributed by atoms with Gasteiger partial charge in [-0.1, -0.05) is 190 Å². The first kappa shape index (κ1) is 48.2. The number of hydrogen-bond donors (Lipinski definition) is 4. The summed E-state index contributed by atoms with van der Waals surface area (Å²) in [5.74, 6) is -1.62. The number of benzene rings is 6. The number of anilines is 1. The minimum absolute atomic E-state index is 0.00625. The number of hydrogen-bond acceptors (Lipinski definition) is 6. The predicted octanol–water partition coefficient (Wildman–Crippen LogP) is 8.57. The lowest BCUT2D eigenvalue weighted by atomic mass is 9.77. The summed E-state index contributed by atoms with van der Waals surface area (Å²) in [5.41, 5.74) is 5.02. The summed E-state index contributed by atoms with van der Waals surface area (Å²) in [5, 5.41) is 12.1. The van der Waals surface area contributed by atoms with Crippen molar-refractivity contribution in [2.24, 2.45) is 5.92 Å². The Kier molecular flexibility index (Phi) is 16.7. The SMILES string of the molecule is CC(C)C[C@H](NC(=O)OCc1ccccc1)C(=O)N[C@@H](Cc1ccccc1)C(=O)N[C@H](/C=C/C(=O)N1CCc2ccccc21)CCC(=O)NC(c1ccccc1)(c1ccccc1)c1ccccc1. The third-order valence-corrected chi connectivity index (χ3v) is 12.0. The molecular weight excluding hydrogens is 851 g/mol. The second kappa shape index (κ2) is 23.6. The fraction of sp³-hybridized carbons (Fsp3) is 0.246. The van der Waals surface area contributed by atoms with E-state index < -0.39 is 41.6 Å². The van der Waals surface area contributed by atoms with Crippen molar-refractivity contribution in [1.29, 1.82) is 0 Å². The average Bonchev–Trinajstić information content (AvgIpc) is 3.81. The maximum Gasteiger partial charge on any atom is 0.408 e. The van der Waals surface area contributed by atoms with Gasteiger partial charge in [-0.05, 0) is 64.6 Å². The van der Waals surface area contributed by atoms with Crippen LogP contribution in [0.1, 0.15) is 66.5 Å². The quantitative estimate of drug-likeness (QED) is 0.0446. The first-order valence-corrected chi connectivity index (χ1v) is 23.3. The molecule has 5 amide bonds. The minimum atomic E-state index is -1.10. The lowest BCUT2D eigenvalue weighted by molar-refractivity contribution is -0.130. The molecule has 11 heteroatoms. The van der Waals surface area contributed by atoms with Gasteiger partial charge in [0.05, 0.1) is 0 Å². The zero-order valence-electron chi connectivity index (χ0n) is 38.6. The van der Waals surface area contributed by atoms with Gasteiger partial charge in [-0.2, -0.15) is 0 Å². The second-order valence-corrected chi connectivity index (χ2v) is 17.4. The fourth-order valence-electron chi connectivity index (χ4n) is 8.64. The van der Waals surface area contributed by atoms with E-state index in [0.29, 0.717) is 6.54 Å². The summed E-state index contributed by atoms with van der Waals surface area (Å²) in [6.45, 7) is 4.40. The molecule has 0 bridgehead atoms. The summed E-state index contributed by atoms with van der Waals surface area (Å²) < 4.78 is 5.46. The van der Waals surface area contributed by atoms with Gasteiger partial charge in [-0.3, -0.25) is 19.2 Å². The summed E-state index contributed by atoms with van der Waals surface area (Å²) in [4.78, 5) is 71.9.